The highest BCUT2D eigenvalue weighted by Crippen LogP contribution is 2.16. The first kappa shape index (κ1) is 14.2. The van der Waals surface area contributed by atoms with E-state index >= 15 is 0 Å². The smallest absolute Gasteiger partial charge is 0.239 e. The van der Waals surface area contributed by atoms with E-state index in [2.05, 4.69) is 20.6 Å². The van der Waals surface area contributed by atoms with E-state index in [0.717, 1.165) is 5.56 Å². The average molecular weight is 251 g/mol. The Morgan fingerprint density at radius 1 is 1.39 bits per heavy atom. The fourth-order valence-electron chi connectivity index (χ4n) is 1.45. The lowest BCUT2D eigenvalue weighted by Gasteiger charge is -2.12. The molecule has 18 heavy (non-hydrogen) atoms. The maximum atomic E-state index is 11.5. The van der Waals surface area contributed by atoms with Gasteiger partial charge in [0.1, 0.15) is 17.5 Å². The molecular weight excluding hydrogens is 230 g/mol. The molecule has 0 atom stereocenters. The molecule has 6 nitrogen and oxygen atoms in total. The summed E-state index contributed by atoms with van der Waals surface area (Å²) in [6, 6.07) is 0.127. The molecule has 0 saturated heterocycles. The van der Waals surface area contributed by atoms with E-state index in [4.69, 9.17) is 5.73 Å². The number of nitrogens with two attached hydrogens (primary N) is 1. The Morgan fingerprint density at radius 3 is 2.61 bits per heavy atom. The van der Waals surface area contributed by atoms with Crippen molar-refractivity contribution in [1.82, 2.24) is 15.3 Å². The van der Waals surface area contributed by atoms with Crippen molar-refractivity contribution in [3.05, 3.63) is 11.4 Å². The quantitative estimate of drug-likeness (QED) is 0.722. The van der Waals surface area contributed by atoms with Crippen LogP contribution in [0, 0.1) is 6.92 Å². The maximum absolute atomic E-state index is 11.5. The van der Waals surface area contributed by atoms with E-state index < -0.39 is 0 Å². The van der Waals surface area contributed by atoms with E-state index in [-0.39, 0.29) is 18.5 Å². The van der Waals surface area contributed by atoms with Crippen molar-refractivity contribution in [2.75, 3.05) is 17.6 Å². The summed E-state index contributed by atoms with van der Waals surface area (Å²) in [7, 11) is 0. The standard InChI is InChI=1S/C12H21N5O/c1-5-9-16-11(13)8(4)12(17-9)14-6-10(18)15-7(2)3/h7H,5-6H2,1-4H3,(H,15,18)(H3,13,14,16,17). The summed E-state index contributed by atoms with van der Waals surface area (Å²) in [5.41, 5.74) is 6.56. The summed E-state index contributed by atoms with van der Waals surface area (Å²) in [6.45, 7) is 7.80. The van der Waals surface area contributed by atoms with Crippen LogP contribution in [0.5, 0.6) is 0 Å². The lowest BCUT2D eigenvalue weighted by atomic mass is 10.3. The van der Waals surface area contributed by atoms with E-state index in [0.29, 0.717) is 23.9 Å². The SMILES string of the molecule is CCc1nc(N)c(C)c(NCC(=O)NC(C)C)n1. The Labute approximate surface area is 107 Å². The topological polar surface area (TPSA) is 92.9 Å². The second kappa shape index (κ2) is 6.18. The van der Waals surface area contributed by atoms with Gasteiger partial charge in [0.15, 0.2) is 0 Å². The Morgan fingerprint density at radius 2 is 2.06 bits per heavy atom. The third kappa shape index (κ3) is 3.87. The maximum Gasteiger partial charge on any atom is 0.239 e. The number of aromatic nitrogens is 2. The minimum absolute atomic E-state index is 0.0698. The van der Waals surface area contributed by atoms with Crippen molar-refractivity contribution < 1.29 is 4.79 Å². The van der Waals surface area contributed by atoms with Crippen LogP contribution in [0.1, 0.15) is 32.2 Å². The molecule has 100 valence electrons. The number of hydrogen-bond donors (Lipinski definition) is 3. The van der Waals surface area contributed by atoms with Crippen LogP contribution in [0.2, 0.25) is 0 Å². The molecule has 0 bridgehead atoms. The molecule has 0 fully saturated rings. The number of nitrogens with one attached hydrogen (secondary N) is 2. The molecule has 0 saturated carbocycles. The highest BCUT2D eigenvalue weighted by atomic mass is 16.1. The minimum Gasteiger partial charge on any atom is -0.383 e. The second-order valence-corrected chi connectivity index (χ2v) is 4.43. The van der Waals surface area contributed by atoms with Crippen LogP contribution < -0.4 is 16.4 Å². The highest BCUT2D eigenvalue weighted by molar-refractivity contribution is 5.81. The normalized spacial score (nSPS) is 10.5. The van der Waals surface area contributed by atoms with Gasteiger partial charge in [-0.1, -0.05) is 6.92 Å². The van der Waals surface area contributed by atoms with Crippen molar-refractivity contribution in [1.29, 1.82) is 0 Å². The van der Waals surface area contributed by atoms with Crippen molar-refractivity contribution in [3.63, 3.8) is 0 Å². The lowest BCUT2D eigenvalue weighted by molar-refractivity contribution is -0.119. The molecule has 1 rings (SSSR count). The largest absolute Gasteiger partial charge is 0.383 e. The summed E-state index contributed by atoms with van der Waals surface area (Å²) in [5, 5.41) is 5.79. The Kier molecular flexibility index (Phi) is 4.88. The Hall–Kier alpha value is -1.85. The number of aryl methyl sites for hydroxylation is 1. The predicted molar refractivity (Wildman–Crippen MR) is 72.3 cm³/mol. The molecule has 1 heterocycles. The van der Waals surface area contributed by atoms with E-state index in [9.17, 15) is 4.79 Å². The summed E-state index contributed by atoms with van der Waals surface area (Å²) in [4.78, 5) is 20.0. The van der Waals surface area contributed by atoms with Gasteiger partial charge < -0.3 is 16.4 Å². The molecule has 0 aliphatic carbocycles. The molecule has 1 aromatic heterocycles. The summed E-state index contributed by atoms with van der Waals surface area (Å²) in [6.07, 6.45) is 0.706. The van der Waals surface area contributed by atoms with Crippen molar-refractivity contribution in [2.24, 2.45) is 0 Å². The zero-order valence-electron chi connectivity index (χ0n) is 11.4. The fraction of sp³-hybridized carbons (Fsp3) is 0.583. The molecule has 1 amide bonds. The first-order chi connectivity index (χ1) is 8.43. The molecule has 6 heteroatoms. The molecule has 0 spiro atoms. The van der Waals surface area contributed by atoms with Gasteiger partial charge in [0.2, 0.25) is 5.91 Å². The molecule has 0 aliphatic rings. The predicted octanol–water partition coefficient (Wildman–Crippen LogP) is 0.866. The third-order valence-electron chi connectivity index (χ3n) is 2.41. The van der Waals surface area contributed by atoms with Gasteiger partial charge in [0, 0.05) is 18.0 Å². The molecule has 1 aromatic rings. The summed E-state index contributed by atoms with van der Waals surface area (Å²) < 4.78 is 0. The molecule has 0 radical (unpaired) electrons. The number of anilines is 2. The Bertz CT molecular complexity index is 431. The number of carbonyl (C=O) groups excluding carboxylic acids is 1. The molecule has 0 unspecified atom stereocenters. The minimum atomic E-state index is -0.0698. The number of amides is 1. The zero-order valence-corrected chi connectivity index (χ0v) is 11.4. The van der Waals surface area contributed by atoms with Gasteiger partial charge in [-0.2, -0.15) is 0 Å². The van der Waals surface area contributed by atoms with Gasteiger partial charge in [-0.3, -0.25) is 4.79 Å². The molecule has 0 aromatic carbocycles. The molecular formula is C12H21N5O. The first-order valence-electron chi connectivity index (χ1n) is 6.10. The van der Waals surface area contributed by atoms with Crippen molar-refractivity contribution in [3.8, 4) is 0 Å². The average Bonchev–Trinajstić information content (AvgIpc) is 2.30. The van der Waals surface area contributed by atoms with Crippen LogP contribution in [-0.2, 0) is 11.2 Å². The van der Waals surface area contributed by atoms with Crippen LogP contribution in [0.4, 0.5) is 11.6 Å². The molecule has 4 N–H and O–H groups in total. The number of carbonyl (C=O) groups is 1. The van der Waals surface area contributed by atoms with Crippen molar-refractivity contribution in [2.45, 2.75) is 40.2 Å². The van der Waals surface area contributed by atoms with Gasteiger partial charge in [0.05, 0.1) is 6.54 Å². The van der Waals surface area contributed by atoms with E-state index in [1.54, 1.807) is 0 Å². The number of hydrogen-bond acceptors (Lipinski definition) is 5. The second-order valence-electron chi connectivity index (χ2n) is 4.43. The van der Waals surface area contributed by atoms with Gasteiger partial charge in [0.25, 0.3) is 0 Å². The number of rotatable bonds is 5. The van der Waals surface area contributed by atoms with Gasteiger partial charge in [-0.25, -0.2) is 9.97 Å². The van der Waals surface area contributed by atoms with Crippen LogP contribution in [-0.4, -0.2) is 28.5 Å². The monoisotopic (exact) mass is 251 g/mol. The van der Waals surface area contributed by atoms with Gasteiger partial charge in [-0.05, 0) is 20.8 Å². The van der Waals surface area contributed by atoms with Crippen molar-refractivity contribution >= 4 is 17.5 Å². The Balaban J connectivity index is 2.72. The summed E-state index contributed by atoms with van der Waals surface area (Å²) in [5.74, 6) is 1.68. The number of nitrogens with zero attached hydrogens (tertiary/aromatic N) is 2. The zero-order chi connectivity index (χ0) is 13.7. The van der Waals surface area contributed by atoms with E-state index in [1.165, 1.54) is 0 Å². The number of nitrogen functional groups attached to an aromatic ring is 1. The molecule has 0 aliphatic heterocycles. The lowest BCUT2D eigenvalue weighted by Crippen LogP contribution is -2.35. The highest BCUT2D eigenvalue weighted by Gasteiger charge is 2.09. The van der Waals surface area contributed by atoms with Gasteiger partial charge >= 0.3 is 0 Å². The van der Waals surface area contributed by atoms with E-state index in [1.807, 2.05) is 27.7 Å². The van der Waals surface area contributed by atoms with Crippen LogP contribution in [0.25, 0.3) is 0 Å². The third-order valence-corrected chi connectivity index (χ3v) is 2.41. The van der Waals surface area contributed by atoms with Gasteiger partial charge in [-0.15, -0.1) is 0 Å². The van der Waals surface area contributed by atoms with Crippen LogP contribution in [0.3, 0.4) is 0 Å². The summed E-state index contributed by atoms with van der Waals surface area (Å²) >= 11 is 0. The fourth-order valence-corrected chi connectivity index (χ4v) is 1.45. The van der Waals surface area contributed by atoms with Crippen LogP contribution in [0.15, 0.2) is 0 Å². The van der Waals surface area contributed by atoms with Crippen LogP contribution >= 0.6 is 0 Å². The first-order valence-corrected chi connectivity index (χ1v) is 6.10.